The SMILES string of the molecule is COc1nnc(NC(=O)c2c[n+](-c3ccc(-c4cc(C)ncc4C(=O)Nc4nnc(OC)s4)c4ccccc34)c(C)cc2-c2cccc(S(=O)(=O)N(C)C)c2)s1. The average Bonchev–Trinajstić information content (AvgIpc) is 3.86. The van der Waals surface area contributed by atoms with Gasteiger partial charge in [0, 0.05) is 50.6 Å². The second-order valence-electron chi connectivity index (χ2n) is 12.5. The molecule has 3 aromatic carbocycles. The van der Waals surface area contributed by atoms with Crippen molar-refractivity contribution in [2.75, 3.05) is 38.9 Å². The van der Waals surface area contributed by atoms with Gasteiger partial charge in [-0.3, -0.25) is 25.2 Å². The molecule has 0 saturated heterocycles. The zero-order valence-electron chi connectivity index (χ0n) is 30.9. The van der Waals surface area contributed by atoms with Crippen molar-refractivity contribution in [2.45, 2.75) is 18.7 Å². The third-order valence-corrected chi connectivity index (χ3v) is 12.2. The summed E-state index contributed by atoms with van der Waals surface area (Å²) in [4.78, 5) is 32.3. The van der Waals surface area contributed by atoms with Gasteiger partial charge in [-0.2, -0.15) is 4.57 Å². The maximum Gasteiger partial charge on any atom is 0.295 e. The number of hydrogen-bond acceptors (Lipinski definition) is 13. The smallest absolute Gasteiger partial charge is 0.295 e. The lowest BCUT2D eigenvalue weighted by Crippen LogP contribution is -2.36. The number of aryl methyl sites for hydroxylation is 2. The standard InChI is InChI=1S/C38H33N9O6S3/c1-21-16-29(30(19-39-21)33(48)40-35-42-44-37(52-5)54-35)26-14-15-32(27-13-8-7-12-25(26)27)47-20-31(34(49)41-36-43-45-38(53-6)55-36)28(17-22(47)2)23-10-9-11-24(18-23)56(50,51)46(3)4/h7-20H,1-6H3,(H-,40,41,42,43,48,49)/p+1. The van der Waals surface area contributed by atoms with Crippen LogP contribution in [0.4, 0.5) is 10.3 Å². The van der Waals surface area contributed by atoms with Gasteiger partial charge >= 0.3 is 0 Å². The Morgan fingerprint density at radius 2 is 1.38 bits per heavy atom. The molecule has 0 aliphatic carbocycles. The number of fused-ring (bicyclic) bond motifs is 1. The number of carbonyl (C=O) groups is 2. The summed E-state index contributed by atoms with van der Waals surface area (Å²) in [5, 5.41) is 24.2. The summed E-state index contributed by atoms with van der Waals surface area (Å²) in [5.41, 5.74) is 5.26. The number of nitrogens with zero attached hydrogens (tertiary/aromatic N) is 7. The van der Waals surface area contributed by atoms with Crippen molar-refractivity contribution < 1.29 is 32.0 Å². The van der Waals surface area contributed by atoms with E-state index in [4.69, 9.17) is 9.47 Å². The van der Waals surface area contributed by atoms with Crippen LogP contribution in [0.25, 0.3) is 38.7 Å². The van der Waals surface area contributed by atoms with E-state index in [1.165, 1.54) is 40.6 Å². The molecular formula is C38H34N9O6S3+. The van der Waals surface area contributed by atoms with Crippen LogP contribution in [0, 0.1) is 13.8 Å². The molecule has 0 radical (unpaired) electrons. The van der Waals surface area contributed by atoms with Crippen LogP contribution in [-0.4, -0.2) is 78.2 Å². The molecule has 2 amide bonds. The van der Waals surface area contributed by atoms with Crippen molar-refractivity contribution in [2.24, 2.45) is 0 Å². The molecular weight excluding hydrogens is 775 g/mol. The van der Waals surface area contributed by atoms with Crippen LogP contribution in [0.1, 0.15) is 32.1 Å². The van der Waals surface area contributed by atoms with E-state index in [2.05, 4.69) is 36.0 Å². The van der Waals surface area contributed by atoms with Gasteiger partial charge in [0.15, 0.2) is 11.9 Å². The highest BCUT2D eigenvalue weighted by molar-refractivity contribution is 7.89. The van der Waals surface area contributed by atoms with Crippen molar-refractivity contribution in [1.82, 2.24) is 29.7 Å². The number of ether oxygens (including phenoxy) is 2. The average molecular weight is 809 g/mol. The number of anilines is 2. The molecule has 0 aliphatic rings. The molecule has 0 bridgehead atoms. The zero-order valence-corrected chi connectivity index (χ0v) is 33.3. The highest BCUT2D eigenvalue weighted by Crippen LogP contribution is 2.35. The number of rotatable bonds is 11. The number of benzene rings is 3. The Morgan fingerprint density at radius 3 is 2.00 bits per heavy atom. The summed E-state index contributed by atoms with van der Waals surface area (Å²) in [7, 11) is 2.09. The van der Waals surface area contributed by atoms with Crippen molar-refractivity contribution >= 4 is 65.5 Å². The number of sulfonamides is 1. The Morgan fingerprint density at radius 1 is 0.732 bits per heavy atom. The van der Waals surface area contributed by atoms with E-state index in [-0.39, 0.29) is 25.9 Å². The topological polar surface area (TPSA) is 182 Å². The third-order valence-electron chi connectivity index (χ3n) is 8.79. The fourth-order valence-electron chi connectivity index (χ4n) is 6.08. The second-order valence-corrected chi connectivity index (χ2v) is 16.6. The summed E-state index contributed by atoms with van der Waals surface area (Å²) in [5.74, 6) is -0.906. The van der Waals surface area contributed by atoms with Gasteiger partial charge in [0.2, 0.25) is 26.0 Å². The predicted molar refractivity (Wildman–Crippen MR) is 213 cm³/mol. The number of hydrogen-bond donors (Lipinski definition) is 2. The van der Waals surface area contributed by atoms with Crippen LogP contribution in [0.15, 0.2) is 90.1 Å². The lowest BCUT2D eigenvalue weighted by atomic mass is 9.93. The van der Waals surface area contributed by atoms with Gasteiger partial charge in [-0.05, 0) is 82.0 Å². The fraction of sp³-hybridized carbons (Fsp3) is 0.158. The lowest BCUT2D eigenvalue weighted by molar-refractivity contribution is -0.601. The van der Waals surface area contributed by atoms with Crippen LogP contribution >= 0.6 is 22.7 Å². The highest BCUT2D eigenvalue weighted by atomic mass is 32.2. The van der Waals surface area contributed by atoms with E-state index in [0.717, 1.165) is 54.7 Å². The molecule has 15 nitrogen and oxygen atoms in total. The van der Waals surface area contributed by atoms with Gasteiger partial charge in [-0.25, -0.2) is 12.7 Å². The molecule has 0 aliphatic heterocycles. The van der Waals surface area contributed by atoms with Gasteiger partial charge < -0.3 is 9.47 Å². The Kier molecular flexibility index (Phi) is 10.5. The molecule has 0 spiro atoms. The minimum absolute atomic E-state index is 0.0821. The Bertz CT molecular complexity index is 2770. The highest BCUT2D eigenvalue weighted by Gasteiger charge is 2.27. The molecule has 0 fully saturated rings. The molecule has 7 aromatic rings. The number of carbonyl (C=O) groups excluding carboxylic acids is 2. The molecule has 2 N–H and O–H groups in total. The summed E-state index contributed by atoms with van der Waals surface area (Å²) < 4.78 is 39.6. The van der Waals surface area contributed by atoms with E-state index >= 15 is 0 Å². The fourth-order valence-corrected chi connectivity index (χ4v) is 8.14. The molecule has 7 rings (SSSR count). The number of pyridine rings is 2. The van der Waals surface area contributed by atoms with Crippen molar-refractivity contribution in [3.63, 3.8) is 0 Å². The predicted octanol–water partition coefficient (Wildman–Crippen LogP) is 5.94. The number of aromatic nitrogens is 6. The van der Waals surface area contributed by atoms with Gasteiger partial charge in [-0.1, -0.05) is 40.5 Å². The molecule has 284 valence electrons. The Labute approximate surface area is 329 Å². The maximum atomic E-state index is 14.2. The van der Waals surface area contributed by atoms with Gasteiger partial charge in [0.1, 0.15) is 5.56 Å². The first-order valence-electron chi connectivity index (χ1n) is 16.8. The van der Waals surface area contributed by atoms with Crippen molar-refractivity contribution in [3.8, 4) is 38.3 Å². The van der Waals surface area contributed by atoms with Gasteiger partial charge in [-0.15, -0.1) is 10.2 Å². The largest absolute Gasteiger partial charge is 0.472 e. The quantitative estimate of drug-likeness (QED) is 0.148. The minimum atomic E-state index is -3.77. The number of methoxy groups -OCH3 is 2. The van der Waals surface area contributed by atoms with Crippen LogP contribution in [-0.2, 0) is 10.0 Å². The third kappa shape index (κ3) is 7.41. The van der Waals surface area contributed by atoms with Crippen molar-refractivity contribution in [3.05, 3.63) is 108 Å². The van der Waals surface area contributed by atoms with Gasteiger partial charge in [0.05, 0.1) is 30.1 Å². The zero-order chi connectivity index (χ0) is 39.7. The van der Waals surface area contributed by atoms with Gasteiger partial charge in [0.25, 0.3) is 22.2 Å². The molecule has 0 saturated carbocycles. The first-order valence-corrected chi connectivity index (χ1v) is 19.9. The number of nitrogens with one attached hydrogen (secondary N) is 2. The van der Waals surface area contributed by atoms with E-state index < -0.39 is 21.8 Å². The molecule has 0 atom stereocenters. The summed E-state index contributed by atoms with van der Waals surface area (Å²) >= 11 is 2.17. The number of amides is 2. The van der Waals surface area contributed by atoms with E-state index in [0.29, 0.717) is 33.1 Å². The van der Waals surface area contributed by atoms with E-state index in [1.807, 2.05) is 66.9 Å². The summed E-state index contributed by atoms with van der Waals surface area (Å²) in [6, 6.07) is 21.8. The van der Waals surface area contributed by atoms with Crippen molar-refractivity contribution in [1.29, 1.82) is 0 Å². The lowest BCUT2D eigenvalue weighted by Gasteiger charge is -2.15. The summed E-state index contributed by atoms with van der Waals surface area (Å²) in [6.07, 6.45) is 3.26. The molecule has 18 heteroatoms. The first-order chi connectivity index (χ1) is 26.9. The Balaban J connectivity index is 1.37. The van der Waals surface area contributed by atoms with E-state index in [9.17, 15) is 18.0 Å². The maximum absolute atomic E-state index is 14.2. The van der Waals surface area contributed by atoms with Crippen LogP contribution in [0.5, 0.6) is 10.4 Å². The monoisotopic (exact) mass is 808 g/mol. The molecule has 56 heavy (non-hydrogen) atoms. The molecule has 4 heterocycles. The van der Waals surface area contributed by atoms with Crippen LogP contribution in [0.3, 0.4) is 0 Å². The van der Waals surface area contributed by atoms with Crippen LogP contribution < -0.4 is 24.7 Å². The van der Waals surface area contributed by atoms with Crippen LogP contribution in [0.2, 0.25) is 0 Å². The first kappa shape index (κ1) is 38.1. The minimum Gasteiger partial charge on any atom is -0.472 e. The molecule has 0 unspecified atom stereocenters. The molecule has 4 aromatic heterocycles. The summed E-state index contributed by atoms with van der Waals surface area (Å²) in [6.45, 7) is 3.76. The normalized spacial score (nSPS) is 11.5. The van der Waals surface area contributed by atoms with E-state index in [1.54, 1.807) is 24.4 Å². The Hall–Kier alpha value is -6.21. The second kappa shape index (κ2) is 15.5.